The molecule has 0 fully saturated rings. The summed E-state index contributed by atoms with van der Waals surface area (Å²) in [6.07, 6.45) is 0. The smallest absolute Gasteiger partial charge is 0.195 e. The van der Waals surface area contributed by atoms with E-state index in [1.165, 1.54) is 18.2 Å². The first kappa shape index (κ1) is 10.8. The van der Waals surface area contributed by atoms with Crippen LogP contribution in [0, 0.1) is 5.82 Å². The van der Waals surface area contributed by atoms with Gasteiger partial charge >= 0.3 is 0 Å². The van der Waals surface area contributed by atoms with Crippen molar-refractivity contribution in [2.45, 2.75) is 0 Å². The minimum atomic E-state index is -0.438. The zero-order valence-electron chi connectivity index (χ0n) is 8.43. The lowest BCUT2D eigenvalue weighted by Gasteiger charge is -2.02. The summed E-state index contributed by atoms with van der Waals surface area (Å²) in [7, 11) is 0. The number of rotatable bonds is 0. The van der Waals surface area contributed by atoms with E-state index in [4.69, 9.17) is 23.2 Å². The number of hydrogen-bond acceptors (Lipinski definition) is 1. The van der Waals surface area contributed by atoms with Crippen molar-refractivity contribution in [1.29, 1.82) is 0 Å². The fourth-order valence-corrected chi connectivity index (χ4v) is 2.67. The second kappa shape index (κ2) is 3.56. The van der Waals surface area contributed by atoms with E-state index < -0.39 is 5.82 Å². The van der Waals surface area contributed by atoms with Gasteiger partial charge in [-0.05, 0) is 35.4 Å². The standard InChI is InChI=1S/C13H5Cl2FO/c14-6-3-9-8-2-1-7(16)5-10(8)13(17)12(9)11(15)4-6/h1-5H. The van der Waals surface area contributed by atoms with Gasteiger partial charge in [0.2, 0.25) is 0 Å². The van der Waals surface area contributed by atoms with E-state index in [9.17, 15) is 9.18 Å². The van der Waals surface area contributed by atoms with Gasteiger partial charge < -0.3 is 0 Å². The molecule has 0 saturated heterocycles. The number of fused-ring (bicyclic) bond motifs is 3. The van der Waals surface area contributed by atoms with Gasteiger partial charge in [0.1, 0.15) is 5.82 Å². The van der Waals surface area contributed by atoms with Gasteiger partial charge in [-0.25, -0.2) is 4.39 Å². The Morgan fingerprint density at radius 2 is 1.71 bits per heavy atom. The van der Waals surface area contributed by atoms with E-state index >= 15 is 0 Å². The molecule has 1 nitrogen and oxygen atoms in total. The van der Waals surface area contributed by atoms with Gasteiger partial charge in [-0.2, -0.15) is 0 Å². The minimum Gasteiger partial charge on any atom is -0.289 e. The molecule has 2 aromatic rings. The van der Waals surface area contributed by atoms with Gasteiger partial charge in [0, 0.05) is 16.1 Å². The second-order valence-electron chi connectivity index (χ2n) is 3.83. The molecule has 0 aliphatic heterocycles. The molecule has 4 heteroatoms. The summed E-state index contributed by atoms with van der Waals surface area (Å²) in [6, 6.07) is 7.30. The summed E-state index contributed by atoms with van der Waals surface area (Å²) in [6.45, 7) is 0. The Labute approximate surface area is 107 Å². The van der Waals surface area contributed by atoms with Crippen molar-refractivity contribution in [3.05, 3.63) is 57.3 Å². The van der Waals surface area contributed by atoms with Gasteiger partial charge in [0.15, 0.2) is 5.78 Å². The number of carbonyl (C=O) groups excluding carboxylic acids is 1. The number of ketones is 1. The molecule has 1 aliphatic carbocycles. The number of carbonyl (C=O) groups is 1. The van der Waals surface area contributed by atoms with Crippen molar-refractivity contribution in [3.8, 4) is 11.1 Å². The Morgan fingerprint density at radius 1 is 0.941 bits per heavy atom. The molecule has 1 aliphatic rings. The highest BCUT2D eigenvalue weighted by Crippen LogP contribution is 2.41. The molecule has 0 heterocycles. The number of hydrogen-bond donors (Lipinski definition) is 0. The molecule has 84 valence electrons. The van der Waals surface area contributed by atoms with Crippen molar-refractivity contribution in [2.75, 3.05) is 0 Å². The molecular weight excluding hydrogens is 262 g/mol. The molecule has 2 aromatic carbocycles. The predicted octanol–water partition coefficient (Wildman–Crippen LogP) is 4.34. The average Bonchev–Trinajstić information content (AvgIpc) is 2.52. The van der Waals surface area contributed by atoms with Crippen LogP contribution >= 0.6 is 23.2 Å². The van der Waals surface area contributed by atoms with Crippen LogP contribution in [0.5, 0.6) is 0 Å². The average molecular weight is 267 g/mol. The third-order valence-corrected chi connectivity index (χ3v) is 3.31. The number of halogens is 3. The fourth-order valence-electron chi connectivity index (χ4n) is 2.09. The van der Waals surface area contributed by atoms with Crippen molar-refractivity contribution >= 4 is 29.0 Å². The van der Waals surface area contributed by atoms with E-state index in [2.05, 4.69) is 0 Å². The quantitative estimate of drug-likeness (QED) is 0.592. The lowest BCUT2D eigenvalue weighted by Crippen LogP contribution is -1.96. The minimum absolute atomic E-state index is 0.254. The highest BCUT2D eigenvalue weighted by molar-refractivity contribution is 6.40. The molecule has 0 spiro atoms. The largest absolute Gasteiger partial charge is 0.289 e. The first-order valence-corrected chi connectivity index (χ1v) is 5.67. The summed E-state index contributed by atoms with van der Waals surface area (Å²) in [5.74, 6) is -0.691. The summed E-state index contributed by atoms with van der Waals surface area (Å²) in [5, 5.41) is 0.757. The van der Waals surface area contributed by atoms with E-state index in [0.717, 1.165) is 0 Å². The van der Waals surface area contributed by atoms with Crippen LogP contribution in [0.4, 0.5) is 4.39 Å². The van der Waals surface area contributed by atoms with Crippen molar-refractivity contribution in [2.24, 2.45) is 0 Å². The molecule has 17 heavy (non-hydrogen) atoms. The highest BCUT2D eigenvalue weighted by atomic mass is 35.5. The lowest BCUT2D eigenvalue weighted by molar-refractivity contribution is 0.104. The molecule has 0 amide bonds. The SMILES string of the molecule is O=C1c2cc(F)ccc2-c2cc(Cl)cc(Cl)c21. The first-order chi connectivity index (χ1) is 8.08. The molecule has 0 N–H and O–H groups in total. The molecule has 3 rings (SSSR count). The molecule has 0 bridgehead atoms. The van der Waals surface area contributed by atoms with Crippen LogP contribution in [0.2, 0.25) is 10.0 Å². The maximum absolute atomic E-state index is 13.1. The Balaban J connectivity index is 2.39. The molecule has 0 radical (unpaired) electrons. The lowest BCUT2D eigenvalue weighted by atomic mass is 10.1. The van der Waals surface area contributed by atoms with Gasteiger partial charge in [0.05, 0.1) is 5.02 Å². The first-order valence-electron chi connectivity index (χ1n) is 4.91. The van der Waals surface area contributed by atoms with Crippen molar-refractivity contribution in [3.63, 3.8) is 0 Å². The summed E-state index contributed by atoms with van der Waals surface area (Å²) < 4.78 is 13.1. The van der Waals surface area contributed by atoms with E-state index in [0.29, 0.717) is 32.3 Å². The third kappa shape index (κ3) is 1.48. The summed E-state index contributed by atoms with van der Waals surface area (Å²) in [5.41, 5.74) is 2.08. The Kier molecular flexibility index (Phi) is 2.25. The van der Waals surface area contributed by atoms with Gasteiger partial charge in [0.25, 0.3) is 0 Å². The molecular formula is C13H5Cl2FO. The highest BCUT2D eigenvalue weighted by Gasteiger charge is 2.29. The van der Waals surface area contributed by atoms with Crippen molar-refractivity contribution in [1.82, 2.24) is 0 Å². The van der Waals surface area contributed by atoms with E-state index in [1.54, 1.807) is 12.1 Å². The molecule has 0 aromatic heterocycles. The van der Waals surface area contributed by atoms with E-state index in [1.807, 2.05) is 0 Å². The van der Waals surface area contributed by atoms with Crippen LogP contribution in [0.3, 0.4) is 0 Å². The summed E-state index contributed by atoms with van der Waals surface area (Å²) in [4.78, 5) is 12.1. The van der Waals surface area contributed by atoms with Crippen LogP contribution < -0.4 is 0 Å². The van der Waals surface area contributed by atoms with E-state index in [-0.39, 0.29) is 5.78 Å². The Morgan fingerprint density at radius 3 is 2.47 bits per heavy atom. The van der Waals surface area contributed by atoms with Crippen molar-refractivity contribution < 1.29 is 9.18 Å². The van der Waals surface area contributed by atoms with Crippen LogP contribution in [0.25, 0.3) is 11.1 Å². The van der Waals surface area contributed by atoms with Gasteiger partial charge in [-0.15, -0.1) is 0 Å². The molecule has 0 atom stereocenters. The van der Waals surface area contributed by atoms with Crippen LogP contribution in [0.15, 0.2) is 30.3 Å². The Hall–Kier alpha value is -1.38. The zero-order valence-corrected chi connectivity index (χ0v) is 9.94. The topological polar surface area (TPSA) is 17.1 Å². The molecule has 0 saturated carbocycles. The maximum Gasteiger partial charge on any atom is 0.195 e. The summed E-state index contributed by atoms with van der Waals surface area (Å²) >= 11 is 11.9. The third-order valence-electron chi connectivity index (χ3n) is 2.80. The van der Waals surface area contributed by atoms with Gasteiger partial charge in [-0.1, -0.05) is 29.3 Å². The second-order valence-corrected chi connectivity index (χ2v) is 4.67. The monoisotopic (exact) mass is 266 g/mol. The van der Waals surface area contributed by atoms with Gasteiger partial charge in [-0.3, -0.25) is 4.79 Å². The molecule has 0 unspecified atom stereocenters. The fraction of sp³-hybridized carbons (Fsp3) is 0. The van der Waals surface area contributed by atoms with Crippen LogP contribution in [-0.4, -0.2) is 5.78 Å². The zero-order chi connectivity index (χ0) is 12.2. The normalized spacial score (nSPS) is 12.5. The maximum atomic E-state index is 13.1. The predicted molar refractivity (Wildman–Crippen MR) is 65.3 cm³/mol. The Bertz CT molecular complexity index is 665. The number of benzene rings is 2. The van der Waals surface area contributed by atoms with Crippen LogP contribution in [0.1, 0.15) is 15.9 Å². The van der Waals surface area contributed by atoms with Crippen LogP contribution in [-0.2, 0) is 0 Å².